The zero-order chi connectivity index (χ0) is 8.55. The summed E-state index contributed by atoms with van der Waals surface area (Å²) in [6.45, 7) is 2.10. The van der Waals surface area contributed by atoms with Crippen molar-refractivity contribution in [2.45, 2.75) is 13.3 Å². The van der Waals surface area contributed by atoms with Gasteiger partial charge in [-0.05, 0) is 24.1 Å². The Bertz CT molecular complexity index is 406. The first-order valence-corrected chi connectivity index (χ1v) is 4.30. The molecule has 0 aliphatic rings. The highest BCUT2D eigenvalue weighted by Crippen LogP contribution is 2.22. The Balaban J connectivity index is 2.75. The number of nitrogens with one attached hydrogen (secondary N) is 1. The number of nitrogens with zero attached hydrogens (tertiary/aromatic N) is 1. The van der Waals surface area contributed by atoms with Crippen LogP contribution >= 0.6 is 11.6 Å². The Morgan fingerprint density at radius 2 is 2.33 bits per heavy atom. The van der Waals surface area contributed by atoms with Gasteiger partial charge in [0.15, 0.2) is 0 Å². The number of aromatic amines is 1. The fraction of sp³-hybridized carbons (Fsp3) is 0.222. The molecule has 1 aromatic carbocycles. The van der Waals surface area contributed by atoms with Gasteiger partial charge in [-0.15, -0.1) is 0 Å². The van der Waals surface area contributed by atoms with E-state index < -0.39 is 0 Å². The summed E-state index contributed by atoms with van der Waals surface area (Å²) in [5.74, 6) is 0. The van der Waals surface area contributed by atoms with E-state index in [9.17, 15) is 0 Å². The summed E-state index contributed by atoms with van der Waals surface area (Å²) in [7, 11) is 0. The summed E-state index contributed by atoms with van der Waals surface area (Å²) in [5, 5.41) is 0.752. The van der Waals surface area contributed by atoms with Crippen LogP contribution in [0.15, 0.2) is 18.5 Å². The van der Waals surface area contributed by atoms with Gasteiger partial charge in [-0.25, -0.2) is 4.98 Å². The molecule has 1 heterocycles. The van der Waals surface area contributed by atoms with Crippen LogP contribution in [0.4, 0.5) is 0 Å². The lowest BCUT2D eigenvalue weighted by Gasteiger charge is -1.97. The summed E-state index contributed by atoms with van der Waals surface area (Å²) < 4.78 is 0. The molecule has 62 valence electrons. The number of H-pyrrole nitrogens is 1. The molecule has 2 aromatic rings. The molecule has 0 atom stereocenters. The zero-order valence-corrected chi connectivity index (χ0v) is 7.52. The maximum atomic E-state index is 6.01. The lowest BCUT2D eigenvalue weighted by atomic mass is 10.1. The van der Waals surface area contributed by atoms with Gasteiger partial charge in [-0.1, -0.05) is 18.5 Å². The van der Waals surface area contributed by atoms with Gasteiger partial charge in [0, 0.05) is 0 Å². The van der Waals surface area contributed by atoms with Crippen LogP contribution < -0.4 is 0 Å². The topological polar surface area (TPSA) is 28.7 Å². The lowest BCUT2D eigenvalue weighted by molar-refractivity contribution is 1.14. The molecule has 2 nitrogen and oxygen atoms in total. The first-order chi connectivity index (χ1) is 5.81. The predicted molar refractivity (Wildman–Crippen MR) is 50.5 cm³/mol. The van der Waals surface area contributed by atoms with Crippen LogP contribution in [-0.2, 0) is 6.42 Å². The molecule has 0 aliphatic carbocycles. The molecule has 3 heteroatoms. The number of benzene rings is 1. The summed E-state index contributed by atoms with van der Waals surface area (Å²) in [6, 6.07) is 4.03. The Kier molecular flexibility index (Phi) is 1.77. The van der Waals surface area contributed by atoms with Crippen molar-refractivity contribution in [3.8, 4) is 0 Å². The average molecular weight is 181 g/mol. The lowest BCUT2D eigenvalue weighted by Crippen LogP contribution is -1.80. The summed E-state index contributed by atoms with van der Waals surface area (Å²) in [5.41, 5.74) is 3.09. The van der Waals surface area contributed by atoms with Crippen molar-refractivity contribution in [1.82, 2.24) is 9.97 Å². The van der Waals surface area contributed by atoms with Crippen molar-refractivity contribution in [3.05, 3.63) is 29.0 Å². The molecule has 0 fully saturated rings. The largest absolute Gasteiger partial charge is 0.343 e. The van der Waals surface area contributed by atoms with Gasteiger partial charge in [0.2, 0.25) is 0 Å². The highest BCUT2D eigenvalue weighted by atomic mass is 35.5. The number of aromatic nitrogens is 2. The van der Waals surface area contributed by atoms with Crippen molar-refractivity contribution < 1.29 is 0 Å². The van der Waals surface area contributed by atoms with E-state index >= 15 is 0 Å². The highest BCUT2D eigenvalue weighted by molar-refractivity contribution is 6.35. The molecular weight excluding hydrogens is 172 g/mol. The van der Waals surface area contributed by atoms with Gasteiger partial charge < -0.3 is 4.98 Å². The van der Waals surface area contributed by atoms with Crippen molar-refractivity contribution in [2.24, 2.45) is 0 Å². The van der Waals surface area contributed by atoms with Crippen LogP contribution in [0.2, 0.25) is 5.02 Å². The molecule has 0 saturated heterocycles. The van der Waals surface area contributed by atoms with Crippen LogP contribution in [0, 0.1) is 0 Å². The zero-order valence-electron chi connectivity index (χ0n) is 6.76. The third kappa shape index (κ3) is 1.08. The van der Waals surface area contributed by atoms with E-state index in [2.05, 4.69) is 23.0 Å². The van der Waals surface area contributed by atoms with E-state index in [-0.39, 0.29) is 0 Å². The number of imidazole rings is 1. The van der Waals surface area contributed by atoms with E-state index in [0.29, 0.717) is 0 Å². The maximum absolute atomic E-state index is 6.01. The third-order valence-corrected chi connectivity index (χ3v) is 2.25. The smallest absolute Gasteiger partial charge is 0.0932 e. The Labute approximate surface area is 75.6 Å². The second-order valence-corrected chi connectivity index (χ2v) is 3.14. The molecule has 1 N–H and O–H groups in total. The molecule has 0 radical (unpaired) electrons. The Morgan fingerprint density at radius 1 is 1.50 bits per heavy atom. The van der Waals surface area contributed by atoms with Gasteiger partial charge in [-0.3, -0.25) is 0 Å². The minimum Gasteiger partial charge on any atom is -0.343 e. The molecule has 0 aliphatic heterocycles. The molecule has 0 bridgehead atoms. The second kappa shape index (κ2) is 2.79. The Hall–Kier alpha value is -1.02. The maximum Gasteiger partial charge on any atom is 0.0932 e. The number of rotatable bonds is 1. The van der Waals surface area contributed by atoms with Gasteiger partial charge in [0.05, 0.1) is 22.4 Å². The fourth-order valence-corrected chi connectivity index (χ4v) is 1.55. The fourth-order valence-electron chi connectivity index (χ4n) is 1.26. The number of halogens is 1. The number of hydrogen-bond acceptors (Lipinski definition) is 1. The predicted octanol–water partition coefficient (Wildman–Crippen LogP) is 2.78. The minimum absolute atomic E-state index is 0.752. The Morgan fingerprint density at radius 3 is 3.08 bits per heavy atom. The van der Waals surface area contributed by atoms with E-state index in [0.717, 1.165) is 22.5 Å². The molecule has 0 amide bonds. The standard InChI is InChI=1S/C9H9ClN2/c1-2-6-3-7(10)9-8(4-6)11-5-12-9/h3-5H,2H2,1H3,(H,11,12). The summed E-state index contributed by atoms with van der Waals surface area (Å²) in [6.07, 6.45) is 2.65. The van der Waals surface area contributed by atoms with E-state index in [1.165, 1.54) is 5.56 Å². The molecule has 2 rings (SSSR count). The quantitative estimate of drug-likeness (QED) is 0.719. The first-order valence-electron chi connectivity index (χ1n) is 3.92. The number of aryl methyl sites for hydroxylation is 1. The molecule has 12 heavy (non-hydrogen) atoms. The molecule has 1 aromatic heterocycles. The molecular formula is C9H9ClN2. The second-order valence-electron chi connectivity index (χ2n) is 2.73. The van der Waals surface area contributed by atoms with E-state index in [4.69, 9.17) is 11.6 Å². The molecule has 0 saturated carbocycles. The van der Waals surface area contributed by atoms with Gasteiger partial charge >= 0.3 is 0 Å². The minimum atomic E-state index is 0.752. The van der Waals surface area contributed by atoms with Crippen LogP contribution in [0.5, 0.6) is 0 Å². The summed E-state index contributed by atoms with van der Waals surface area (Å²) >= 11 is 6.01. The molecule has 0 unspecified atom stereocenters. The third-order valence-electron chi connectivity index (χ3n) is 1.95. The normalized spacial score (nSPS) is 10.8. The van der Waals surface area contributed by atoms with Crippen molar-refractivity contribution in [3.63, 3.8) is 0 Å². The SMILES string of the molecule is CCc1cc(Cl)c2[nH]cnc2c1. The first kappa shape index (κ1) is 7.62. The van der Waals surface area contributed by atoms with E-state index in [1.54, 1.807) is 6.33 Å². The highest BCUT2D eigenvalue weighted by Gasteiger charge is 2.02. The summed E-state index contributed by atoms with van der Waals surface area (Å²) in [4.78, 5) is 7.14. The number of hydrogen-bond donors (Lipinski definition) is 1. The van der Waals surface area contributed by atoms with E-state index in [1.807, 2.05) is 6.07 Å². The van der Waals surface area contributed by atoms with Gasteiger partial charge in [0.1, 0.15) is 0 Å². The van der Waals surface area contributed by atoms with Gasteiger partial charge in [-0.2, -0.15) is 0 Å². The average Bonchev–Trinajstić information content (AvgIpc) is 2.52. The monoisotopic (exact) mass is 180 g/mol. The molecule has 0 spiro atoms. The van der Waals surface area contributed by atoms with Gasteiger partial charge in [0.25, 0.3) is 0 Å². The van der Waals surface area contributed by atoms with Crippen LogP contribution in [0.3, 0.4) is 0 Å². The van der Waals surface area contributed by atoms with Crippen molar-refractivity contribution in [1.29, 1.82) is 0 Å². The van der Waals surface area contributed by atoms with Crippen LogP contribution in [0.1, 0.15) is 12.5 Å². The number of fused-ring (bicyclic) bond motifs is 1. The van der Waals surface area contributed by atoms with Crippen molar-refractivity contribution >= 4 is 22.6 Å². The van der Waals surface area contributed by atoms with Crippen molar-refractivity contribution in [2.75, 3.05) is 0 Å². The van der Waals surface area contributed by atoms with Crippen LogP contribution in [0.25, 0.3) is 11.0 Å². The van der Waals surface area contributed by atoms with Crippen LogP contribution in [-0.4, -0.2) is 9.97 Å².